The van der Waals surface area contributed by atoms with Crippen LogP contribution in [0.2, 0.25) is 0 Å². The first-order valence-corrected chi connectivity index (χ1v) is 5.66. The average molecular weight is 304 g/mol. The van der Waals surface area contributed by atoms with Gasteiger partial charge in [0, 0.05) is 5.54 Å². The molecular formula is C12H31Cl2N3O. The number of halogens is 2. The summed E-state index contributed by atoms with van der Waals surface area (Å²) in [6.45, 7) is 13.8. The van der Waals surface area contributed by atoms with Gasteiger partial charge in [0.1, 0.15) is 6.23 Å². The van der Waals surface area contributed by atoms with E-state index < -0.39 is 0 Å². The number of nitrogens with two attached hydrogens (primary N) is 1. The molecule has 0 amide bonds. The molecule has 1 saturated heterocycles. The molecule has 1 aliphatic heterocycles. The molecule has 0 aromatic carbocycles. The number of hydrogen-bond donors (Lipinski definition) is 2. The fourth-order valence-corrected chi connectivity index (χ4v) is 2.60. The molecule has 1 heterocycles. The summed E-state index contributed by atoms with van der Waals surface area (Å²) in [5, 5.41) is 0. The SMILES string of the molecule is CN1C(ON)CC(C)(C)C(C)(C)C1(C)C.Cl.Cl.N. The Balaban J connectivity index is -0.000000750. The van der Waals surface area contributed by atoms with Crippen molar-refractivity contribution in [2.45, 2.75) is 59.7 Å². The molecule has 5 N–H and O–H groups in total. The van der Waals surface area contributed by atoms with Gasteiger partial charge in [-0.05, 0) is 38.1 Å². The van der Waals surface area contributed by atoms with Crippen LogP contribution in [0, 0.1) is 10.8 Å². The van der Waals surface area contributed by atoms with Crippen molar-refractivity contribution in [3.8, 4) is 0 Å². The molecule has 6 heteroatoms. The van der Waals surface area contributed by atoms with Gasteiger partial charge < -0.3 is 6.15 Å². The molecule has 1 rings (SSSR count). The van der Waals surface area contributed by atoms with Gasteiger partial charge in [-0.25, -0.2) is 5.90 Å². The molecule has 4 nitrogen and oxygen atoms in total. The van der Waals surface area contributed by atoms with Crippen LogP contribution in [0.15, 0.2) is 0 Å². The van der Waals surface area contributed by atoms with E-state index in [9.17, 15) is 0 Å². The molecule has 0 bridgehead atoms. The van der Waals surface area contributed by atoms with E-state index in [-0.39, 0.29) is 53.6 Å². The van der Waals surface area contributed by atoms with Crippen LogP contribution in [0.25, 0.3) is 0 Å². The smallest absolute Gasteiger partial charge is 0.132 e. The summed E-state index contributed by atoms with van der Waals surface area (Å²) in [5.74, 6) is 5.38. The highest BCUT2D eigenvalue weighted by Crippen LogP contribution is 2.55. The van der Waals surface area contributed by atoms with Crippen molar-refractivity contribution in [1.82, 2.24) is 11.1 Å². The van der Waals surface area contributed by atoms with E-state index in [1.54, 1.807) is 0 Å². The maximum Gasteiger partial charge on any atom is 0.132 e. The molecule has 0 spiro atoms. The largest absolute Gasteiger partial charge is 0.344 e. The third-order valence-corrected chi connectivity index (χ3v) is 5.38. The van der Waals surface area contributed by atoms with E-state index in [4.69, 9.17) is 10.7 Å². The zero-order valence-corrected chi connectivity index (χ0v) is 14.4. The van der Waals surface area contributed by atoms with Gasteiger partial charge in [0.05, 0.1) is 0 Å². The molecule has 0 radical (unpaired) electrons. The first kappa shape index (κ1) is 23.5. The van der Waals surface area contributed by atoms with Crippen LogP contribution < -0.4 is 12.0 Å². The van der Waals surface area contributed by atoms with Gasteiger partial charge in [-0.3, -0.25) is 9.74 Å². The summed E-state index contributed by atoms with van der Waals surface area (Å²) in [4.78, 5) is 7.34. The summed E-state index contributed by atoms with van der Waals surface area (Å²) in [6, 6.07) is 0. The average Bonchev–Trinajstić information content (AvgIpc) is 2.10. The number of nitrogens with zero attached hydrogens (tertiary/aromatic N) is 1. The van der Waals surface area contributed by atoms with Gasteiger partial charge in [0.2, 0.25) is 0 Å². The highest BCUT2D eigenvalue weighted by molar-refractivity contribution is 5.85. The Hall–Kier alpha value is 0.420. The van der Waals surface area contributed by atoms with Crippen LogP contribution in [0.5, 0.6) is 0 Å². The van der Waals surface area contributed by atoms with Crippen molar-refractivity contribution in [1.29, 1.82) is 0 Å². The van der Waals surface area contributed by atoms with Crippen molar-refractivity contribution in [2.24, 2.45) is 16.7 Å². The minimum atomic E-state index is 0. The highest BCUT2D eigenvalue weighted by atomic mass is 35.5. The standard InChI is InChI=1S/C12H26N2O.2ClH.H3N/c1-10(2)8-9(15-13)14(7)12(5,6)11(10,3)4;;;/h9H,8,13H2,1-7H3;2*1H;1H3. The van der Waals surface area contributed by atoms with Gasteiger partial charge in [-0.1, -0.05) is 27.7 Å². The summed E-state index contributed by atoms with van der Waals surface area (Å²) in [6.07, 6.45) is 0.985. The Labute approximate surface area is 124 Å². The monoisotopic (exact) mass is 303 g/mol. The van der Waals surface area contributed by atoms with Gasteiger partial charge in [0.15, 0.2) is 0 Å². The summed E-state index contributed by atoms with van der Waals surface area (Å²) in [7, 11) is 2.09. The second-order valence-corrected chi connectivity index (χ2v) is 6.47. The Bertz CT molecular complexity index is 258. The minimum absolute atomic E-state index is 0. The van der Waals surface area contributed by atoms with Crippen molar-refractivity contribution in [3.63, 3.8) is 0 Å². The summed E-state index contributed by atoms with van der Waals surface area (Å²) in [5.41, 5.74) is 0.496. The van der Waals surface area contributed by atoms with Crippen molar-refractivity contribution in [3.05, 3.63) is 0 Å². The quantitative estimate of drug-likeness (QED) is 0.728. The zero-order valence-electron chi connectivity index (χ0n) is 12.7. The predicted octanol–water partition coefficient (Wildman–Crippen LogP) is 3.37. The van der Waals surface area contributed by atoms with E-state index >= 15 is 0 Å². The topological polar surface area (TPSA) is 73.5 Å². The molecule has 114 valence electrons. The van der Waals surface area contributed by atoms with Crippen molar-refractivity contribution < 1.29 is 4.84 Å². The van der Waals surface area contributed by atoms with Crippen LogP contribution in [-0.4, -0.2) is 23.7 Å². The molecule has 1 atom stereocenters. The normalized spacial score (nSPS) is 28.3. The molecule has 1 aliphatic rings. The third kappa shape index (κ3) is 3.11. The van der Waals surface area contributed by atoms with E-state index in [1.807, 2.05) is 0 Å². The van der Waals surface area contributed by atoms with Crippen LogP contribution in [0.4, 0.5) is 0 Å². The maximum atomic E-state index is 5.38. The molecule has 0 saturated carbocycles. The van der Waals surface area contributed by atoms with Gasteiger partial charge in [0.25, 0.3) is 0 Å². The first-order valence-electron chi connectivity index (χ1n) is 5.66. The molecule has 1 unspecified atom stereocenters. The molecule has 1 fully saturated rings. The summed E-state index contributed by atoms with van der Waals surface area (Å²) >= 11 is 0. The van der Waals surface area contributed by atoms with Gasteiger partial charge in [-0.15, -0.1) is 24.8 Å². The Morgan fingerprint density at radius 1 is 1.06 bits per heavy atom. The first-order chi connectivity index (χ1) is 6.58. The van der Waals surface area contributed by atoms with E-state index in [1.165, 1.54) is 0 Å². The second kappa shape index (κ2) is 6.73. The number of piperidine rings is 1. The maximum absolute atomic E-state index is 5.38. The molecule has 0 aromatic heterocycles. The Morgan fingerprint density at radius 3 is 1.78 bits per heavy atom. The lowest BCUT2D eigenvalue weighted by Crippen LogP contribution is -2.66. The number of rotatable bonds is 1. The van der Waals surface area contributed by atoms with E-state index in [2.05, 4.69) is 53.5 Å². The lowest BCUT2D eigenvalue weighted by molar-refractivity contribution is -0.208. The molecule has 18 heavy (non-hydrogen) atoms. The van der Waals surface area contributed by atoms with Crippen LogP contribution in [0.3, 0.4) is 0 Å². The van der Waals surface area contributed by atoms with Crippen molar-refractivity contribution >= 4 is 24.8 Å². The van der Waals surface area contributed by atoms with Gasteiger partial charge >= 0.3 is 0 Å². The Kier molecular flexibility index (Phi) is 8.79. The van der Waals surface area contributed by atoms with Crippen LogP contribution in [-0.2, 0) is 4.84 Å². The van der Waals surface area contributed by atoms with Crippen LogP contribution >= 0.6 is 24.8 Å². The number of hydrogen-bond acceptors (Lipinski definition) is 4. The fraction of sp³-hybridized carbons (Fsp3) is 1.00. The summed E-state index contributed by atoms with van der Waals surface area (Å²) < 4.78 is 0. The Morgan fingerprint density at radius 2 is 1.44 bits per heavy atom. The lowest BCUT2D eigenvalue weighted by Gasteiger charge is -2.62. The van der Waals surface area contributed by atoms with E-state index in [0.29, 0.717) is 0 Å². The van der Waals surface area contributed by atoms with E-state index in [0.717, 1.165) is 6.42 Å². The van der Waals surface area contributed by atoms with Gasteiger partial charge in [-0.2, -0.15) is 0 Å². The fourth-order valence-electron chi connectivity index (χ4n) is 2.60. The highest BCUT2D eigenvalue weighted by Gasteiger charge is 2.56. The molecular weight excluding hydrogens is 273 g/mol. The zero-order chi connectivity index (χ0) is 12.1. The predicted molar refractivity (Wildman–Crippen MR) is 82.6 cm³/mol. The minimum Gasteiger partial charge on any atom is -0.344 e. The molecule has 0 aromatic rings. The number of likely N-dealkylation sites (tertiary alicyclic amines) is 1. The van der Waals surface area contributed by atoms with Crippen LogP contribution in [0.1, 0.15) is 48.0 Å². The third-order valence-electron chi connectivity index (χ3n) is 5.38. The molecule has 0 aliphatic carbocycles. The lowest BCUT2D eigenvalue weighted by atomic mass is 9.54. The van der Waals surface area contributed by atoms with Crippen molar-refractivity contribution in [2.75, 3.05) is 7.05 Å². The second-order valence-electron chi connectivity index (χ2n) is 6.47.